The zero-order valence-electron chi connectivity index (χ0n) is 9.35. The van der Waals surface area contributed by atoms with E-state index in [0.29, 0.717) is 12.8 Å². The highest BCUT2D eigenvalue weighted by Gasteiger charge is 2.62. The first-order valence-electron chi connectivity index (χ1n) is 5.76. The quantitative estimate of drug-likeness (QED) is 0.718. The topological polar surface area (TPSA) is 46.5 Å². The maximum absolute atomic E-state index is 12.5. The van der Waals surface area contributed by atoms with Crippen molar-refractivity contribution >= 4 is 5.78 Å². The molecule has 1 saturated heterocycles. The minimum atomic E-state index is -4.92. The fourth-order valence-corrected chi connectivity index (χ4v) is 2.63. The van der Waals surface area contributed by atoms with Gasteiger partial charge in [0.1, 0.15) is 5.78 Å². The fraction of sp³-hybridized carbons (Fsp3) is 0.909. The van der Waals surface area contributed by atoms with Gasteiger partial charge >= 0.3 is 6.18 Å². The molecule has 1 heterocycles. The van der Waals surface area contributed by atoms with Crippen LogP contribution in [0, 0.1) is 5.41 Å². The van der Waals surface area contributed by atoms with Crippen LogP contribution in [0.25, 0.3) is 0 Å². The molecule has 0 radical (unpaired) electrons. The predicted octanol–water partition coefficient (Wildman–Crippen LogP) is 2.18. The van der Waals surface area contributed by atoms with E-state index in [4.69, 9.17) is 0 Å². The molecule has 1 aliphatic carbocycles. The lowest BCUT2D eigenvalue weighted by Gasteiger charge is -2.44. The SMILES string of the molecule is O=C1C[C@](O)(C(F)(F)F)OCC12CCCCC2. The maximum atomic E-state index is 12.5. The smallest absolute Gasteiger partial charge is 0.358 e. The van der Waals surface area contributed by atoms with Crippen molar-refractivity contribution in [1.29, 1.82) is 0 Å². The molecule has 2 fully saturated rings. The van der Waals surface area contributed by atoms with Crippen molar-refractivity contribution in [2.24, 2.45) is 5.41 Å². The molecule has 98 valence electrons. The molecule has 0 amide bonds. The molecule has 3 nitrogen and oxygen atoms in total. The van der Waals surface area contributed by atoms with Gasteiger partial charge in [-0.1, -0.05) is 19.3 Å². The standard InChI is InChI=1S/C11H15F3O3/c12-11(13,14)10(16)6-8(15)9(7-17-10)4-2-1-3-5-9/h16H,1-7H2/t10-/m1/s1. The second-order valence-electron chi connectivity index (χ2n) is 5.01. The monoisotopic (exact) mass is 252 g/mol. The number of hydrogen-bond donors (Lipinski definition) is 1. The van der Waals surface area contributed by atoms with Crippen LogP contribution in [0.2, 0.25) is 0 Å². The molecule has 2 aliphatic rings. The van der Waals surface area contributed by atoms with Crippen LogP contribution in [0.3, 0.4) is 0 Å². The van der Waals surface area contributed by atoms with Gasteiger partial charge in [0.25, 0.3) is 5.79 Å². The summed E-state index contributed by atoms with van der Waals surface area (Å²) in [6.45, 7) is -0.318. The van der Waals surface area contributed by atoms with E-state index in [1.165, 1.54) is 0 Å². The Morgan fingerprint density at radius 2 is 1.76 bits per heavy atom. The molecule has 0 unspecified atom stereocenters. The zero-order chi connectivity index (χ0) is 12.7. The fourth-order valence-electron chi connectivity index (χ4n) is 2.63. The third kappa shape index (κ3) is 2.08. The average Bonchev–Trinajstić information content (AvgIpc) is 2.25. The first-order chi connectivity index (χ1) is 7.79. The summed E-state index contributed by atoms with van der Waals surface area (Å²) in [5, 5.41) is 9.32. The lowest BCUT2D eigenvalue weighted by molar-refractivity contribution is -0.377. The number of Topliss-reactive ketones (excluding diaryl/α,β-unsaturated/α-hetero) is 1. The zero-order valence-corrected chi connectivity index (χ0v) is 9.35. The van der Waals surface area contributed by atoms with E-state index in [2.05, 4.69) is 4.74 Å². The second-order valence-corrected chi connectivity index (χ2v) is 5.01. The average molecular weight is 252 g/mol. The van der Waals surface area contributed by atoms with Gasteiger partial charge in [-0.15, -0.1) is 0 Å². The summed E-state index contributed by atoms with van der Waals surface area (Å²) in [6.07, 6.45) is -2.09. The number of aliphatic hydroxyl groups is 1. The largest absolute Gasteiger partial charge is 0.443 e. The number of ether oxygens (including phenoxy) is 1. The Kier molecular flexibility index (Phi) is 2.98. The minimum absolute atomic E-state index is 0.318. The Morgan fingerprint density at radius 1 is 1.18 bits per heavy atom. The molecule has 1 N–H and O–H groups in total. The van der Waals surface area contributed by atoms with Gasteiger partial charge in [0.15, 0.2) is 0 Å². The van der Waals surface area contributed by atoms with Crippen molar-refractivity contribution < 1.29 is 27.8 Å². The van der Waals surface area contributed by atoms with Gasteiger partial charge in [-0.3, -0.25) is 4.79 Å². The Hall–Kier alpha value is -0.620. The van der Waals surface area contributed by atoms with Crippen molar-refractivity contribution in [3.05, 3.63) is 0 Å². The van der Waals surface area contributed by atoms with Crippen LogP contribution >= 0.6 is 0 Å². The first-order valence-corrected chi connectivity index (χ1v) is 5.76. The summed E-state index contributed by atoms with van der Waals surface area (Å²) < 4.78 is 42.2. The van der Waals surface area contributed by atoms with Gasteiger partial charge in [0.05, 0.1) is 18.4 Å². The lowest BCUT2D eigenvalue weighted by Crippen LogP contribution is -2.58. The van der Waals surface area contributed by atoms with Gasteiger partial charge in [0.2, 0.25) is 0 Å². The molecular formula is C11H15F3O3. The first kappa shape index (κ1) is 12.8. The summed E-state index contributed by atoms with van der Waals surface area (Å²) >= 11 is 0. The number of halogens is 3. The molecule has 1 aliphatic heterocycles. The van der Waals surface area contributed by atoms with Crippen LogP contribution in [-0.4, -0.2) is 29.5 Å². The summed E-state index contributed by atoms with van der Waals surface area (Å²) in [5.41, 5.74) is -0.782. The van der Waals surface area contributed by atoms with Crippen LogP contribution < -0.4 is 0 Å². The van der Waals surface area contributed by atoms with Crippen LogP contribution in [0.15, 0.2) is 0 Å². The number of alkyl halides is 3. The highest BCUT2D eigenvalue weighted by atomic mass is 19.4. The van der Waals surface area contributed by atoms with Crippen molar-refractivity contribution in [3.63, 3.8) is 0 Å². The Labute approximate surface area is 96.9 Å². The number of hydrogen-bond acceptors (Lipinski definition) is 3. The molecule has 1 saturated carbocycles. The van der Waals surface area contributed by atoms with Crippen LogP contribution in [0.1, 0.15) is 38.5 Å². The maximum Gasteiger partial charge on any atom is 0.443 e. The van der Waals surface area contributed by atoms with Crippen molar-refractivity contribution in [1.82, 2.24) is 0 Å². The number of carbonyl (C=O) groups is 1. The van der Waals surface area contributed by atoms with Gasteiger partial charge in [0, 0.05) is 0 Å². The Bertz CT molecular complexity index is 320. The molecule has 1 spiro atoms. The van der Waals surface area contributed by atoms with Gasteiger partial charge in [-0.05, 0) is 12.8 Å². The highest BCUT2D eigenvalue weighted by molar-refractivity contribution is 5.86. The van der Waals surface area contributed by atoms with E-state index in [1.54, 1.807) is 0 Å². The van der Waals surface area contributed by atoms with Crippen LogP contribution in [0.4, 0.5) is 13.2 Å². The van der Waals surface area contributed by atoms with E-state index < -0.39 is 29.6 Å². The third-order valence-corrected chi connectivity index (χ3v) is 3.83. The lowest BCUT2D eigenvalue weighted by atomic mass is 9.69. The molecule has 2 rings (SSSR count). The summed E-state index contributed by atoms with van der Waals surface area (Å²) in [7, 11) is 0. The highest BCUT2D eigenvalue weighted by Crippen LogP contribution is 2.47. The normalized spacial score (nSPS) is 34.0. The molecule has 0 aromatic heterocycles. The second kappa shape index (κ2) is 3.95. The van der Waals surface area contributed by atoms with E-state index in [1.807, 2.05) is 0 Å². The minimum Gasteiger partial charge on any atom is -0.358 e. The number of rotatable bonds is 0. The Morgan fingerprint density at radius 3 is 2.24 bits per heavy atom. The van der Waals surface area contributed by atoms with E-state index >= 15 is 0 Å². The van der Waals surface area contributed by atoms with Gasteiger partial charge in [-0.2, -0.15) is 13.2 Å². The van der Waals surface area contributed by atoms with E-state index in [0.717, 1.165) is 19.3 Å². The summed E-state index contributed by atoms with van der Waals surface area (Å²) in [6, 6.07) is 0. The molecule has 0 aromatic rings. The predicted molar refractivity (Wildman–Crippen MR) is 52.1 cm³/mol. The molecule has 6 heteroatoms. The van der Waals surface area contributed by atoms with Crippen LogP contribution in [-0.2, 0) is 9.53 Å². The Balaban J connectivity index is 2.15. The third-order valence-electron chi connectivity index (χ3n) is 3.83. The molecule has 0 aromatic carbocycles. The molecule has 1 atom stereocenters. The van der Waals surface area contributed by atoms with E-state index in [9.17, 15) is 23.1 Å². The van der Waals surface area contributed by atoms with Crippen LogP contribution in [0.5, 0.6) is 0 Å². The summed E-state index contributed by atoms with van der Waals surface area (Å²) in [4.78, 5) is 11.9. The molecule has 17 heavy (non-hydrogen) atoms. The van der Waals surface area contributed by atoms with Crippen molar-refractivity contribution in [2.45, 2.75) is 50.5 Å². The molecular weight excluding hydrogens is 237 g/mol. The van der Waals surface area contributed by atoms with Crippen molar-refractivity contribution in [3.8, 4) is 0 Å². The number of ketones is 1. The number of carbonyl (C=O) groups excluding carboxylic acids is 1. The van der Waals surface area contributed by atoms with Gasteiger partial charge < -0.3 is 9.84 Å². The van der Waals surface area contributed by atoms with Gasteiger partial charge in [-0.25, -0.2) is 0 Å². The molecule has 0 bridgehead atoms. The van der Waals surface area contributed by atoms with E-state index in [-0.39, 0.29) is 6.61 Å². The summed E-state index contributed by atoms with van der Waals surface area (Å²) in [5.74, 6) is -3.80. The van der Waals surface area contributed by atoms with Crippen molar-refractivity contribution in [2.75, 3.05) is 6.61 Å².